The van der Waals surface area contributed by atoms with Gasteiger partial charge < -0.3 is 23.8 Å². The number of methoxy groups -OCH3 is 2. The van der Waals surface area contributed by atoms with Crippen LogP contribution in [-0.4, -0.2) is 45.0 Å². The Morgan fingerprint density at radius 3 is 2.34 bits per heavy atom. The predicted octanol–water partition coefficient (Wildman–Crippen LogP) is 4.28. The number of ether oxygens (including phenoxy) is 4. The summed E-state index contributed by atoms with van der Waals surface area (Å²) in [6.07, 6.45) is 0.0195. The highest BCUT2D eigenvalue weighted by Crippen LogP contribution is 2.33. The molecule has 8 nitrogen and oxygen atoms in total. The van der Waals surface area contributed by atoms with Gasteiger partial charge >= 0.3 is 5.97 Å². The van der Waals surface area contributed by atoms with Crippen LogP contribution in [0.15, 0.2) is 72.8 Å². The van der Waals surface area contributed by atoms with Gasteiger partial charge in [0.05, 0.1) is 20.1 Å². The number of Topliss-reactive ketones (excluding diaryl/α,β-unsaturated/α-hetero) is 1. The van der Waals surface area contributed by atoms with Crippen molar-refractivity contribution in [1.82, 2.24) is 0 Å². The molecule has 4 rings (SSSR count). The van der Waals surface area contributed by atoms with E-state index >= 15 is 0 Å². The number of amides is 1. The molecular weight excluding hydrogens is 450 g/mol. The van der Waals surface area contributed by atoms with Crippen molar-refractivity contribution in [2.24, 2.45) is 5.92 Å². The van der Waals surface area contributed by atoms with E-state index in [0.717, 1.165) is 0 Å². The number of carbonyl (C=O) groups is 3. The maximum atomic E-state index is 12.6. The molecule has 0 N–H and O–H groups in total. The highest BCUT2D eigenvalue weighted by molar-refractivity contribution is 6.01. The van der Waals surface area contributed by atoms with Crippen molar-refractivity contribution >= 4 is 23.3 Å². The Balaban J connectivity index is 1.34. The van der Waals surface area contributed by atoms with E-state index in [0.29, 0.717) is 34.2 Å². The fourth-order valence-electron chi connectivity index (χ4n) is 3.77. The van der Waals surface area contributed by atoms with Crippen LogP contribution in [0.25, 0.3) is 0 Å². The van der Waals surface area contributed by atoms with Crippen LogP contribution < -0.4 is 19.1 Å². The molecule has 1 fully saturated rings. The monoisotopic (exact) mass is 475 g/mol. The van der Waals surface area contributed by atoms with E-state index in [1.54, 1.807) is 67.8 Å². The quantitative estimate of drug-likeness (QED) is 0.337. The van der Waals surface area contributed by atoms with Gasteiger partial charge in [0.1, 0.15) is 11.5 Å². The summed E-state index contributed by atoms with van der Waals surface area (Å²) in [5.41, 5.74) is 1.03. The molecule has 1 atom stereocenters. The number of rotatable bonds is 9. The van der Waals surface area contributed by atoms with Crippen molar-refractivity contribution in [3.8, 4) is 23.0 Å². The number of ketones is 1. The first-order chi connectivity index (χ1) is 17.0. The second-order valence-electron chi connectivity index (χ2n) is 7.92. The number of esters is 1. The van der Waals surface area contributed by atoms with Crippen molar-refractivity contribution in [2.45, 2.75) is 6.42 Å². The van der Waals surface area contributed by atoms with E-state index in [1.165, 1.54) is 12.0 Å². The highest BCUT2D eigenvalue weighted by Gasteiger charge is 2.36. The van der Waals surface area contributed by atoms with Crippen LogP contribution in [0, 0.1) is 5.92 Å². The molecule has 180 valence electrons. The van der Waals surface area contributed by atoms with Crippen molar-refractivity contribution in [2.75, 3.05) is 32.3 Å². The Hall–Kier alpha value is -4.33. The smallest absolute Gasteiger partial charge is 0.311 e. The molecule has 3 aromatic rings. The zero-order valence-corrected chi connectivity index (χ0v) is 19.4. The van der Waals surface area contributed by atoms with Crippen LogP contribution in [0.3, 0.4) is 0 Å². The van der Waals surface area contributed by atoms with Crippen molar-refractivity contribution in [3.63, 3.8) is 0 Å². The molecule has 1 aliphatic heterocycles. The number of anilines is 1. The standard InChI is InChI=1S/C27H25NO7/c1-32-22-7-5-6-18(14-22)23(29)17-34-27(31)19-15-26(30)28(16-19)20-10-12-21(13-11-20)35-25-9-4-3-8-24(25)33-2/h3-14,19H,15-17H2,1-2H3/t19-/m0/s1. The summed E-state index contributed by atoms with van der Waals surface area (Å²) in [4.78, 5) is 39.0. The molecule has 1 aliphatic rings. The third-order valence-electron chi connectivity index (χ3n) is 5.64. The number of benzene rings is 3. The zero-order valence-electron chi connectivity index (χ0n) is 19.4. The van der Waals surface area contributed by atoms with Crippen LogP contribution in [0.1, 0.15) is 16.8 Å². The molecule has 35 heavy (non-hydrogen) atoms. The van der Waals surface area contributed by atoms with Crippen LogP contribution in [0.2, 0.25) is 0 Å². The normalized spacial score (nSPS) is 15.0. The van der Waals surface area contributed by atoms with Gasteiger partial charge in [-0.2, -0.15) is 0 Å². The topological polar surface area (TPSA) is 91.4 Å². The van der Waals surface area contributed by atoms with Crippen molar-refractivity contribution in [1.29, 1.82) is 0 Å². The third-order valence-corrected chi connectivity index (χ3v) is 5.64. The van der Waals surface area contributed by atoms with Gasteiger partial charge in [0.15, 0.2) is 23.9 Å². The van der Waals surface area contributed by atoms with E-state index < -0.39 is 18.5 Å². The van der Waals surface area contributed by atoms with Crippen LogP contribution in [0.4, 0.5) is 5.69 Å². The zero-order chi connectivity index (χ0) is 24.8. The Morgan fingerprint density at radius 2 is 1.63 bits per heavy atom. The number of para-hydroxylation sites is 2. The lowest BCUT2D eigenvalue weighted by Gasteiger charge is -2.17. The van der Waals surface area contributed by atoms with Crippen LogP contribution in [-0.2, 0) is 14.3 Å². The molecule has 0 aromatic heterocycles. The molecular formula is C27H25NO7. The SMILES string of the molecule is COc1cccc(C(=O)COC(=O)[C@H]2CC(=O)N(c3ccc(Oc4ccccc4OC)cc3)C2)c1. The molecule has 0 radical (unpaired) electrons. The van der Waals surface area contributed by atoms with Gasteiger partial charge in [-0.15, -0.1) is 0 Å². The Bertz CT molecular complexity index is 1220. The summed E-state index contributed by atoms with van der Waals surface area (Å²) in [5.74, 6) is 0.547. The molecule has 1 saturated heterocycles. The average Bonchev–Trinajstić information content (AvgIpc) is 3.29. The molecule has 8 heteroatoms. The second kappa shape index (κ2) is 10.7. The van der Waals surface area contributed by atoms with Gasteiger partial charge in [-0.25, -0.2) is 0 Å². The number of carbonyl (C=O) groups excluding carboxylic acids is 3. The summed E-state index contributed by atoms with van der Waals surface area (Å²) in [7, 11) is 3.08. The van der Waals surface area contributed by atoms with E-state index in [2.05, 4.69) is 0 Å². The van der Waals surface area contributed by atoms with E-state index in [1.807, 2.05) is 12.1 Å². The molecule has 1 amide bonds. The van der Waals surface area contributed by atoms with Crippen LogP contribution >= 0.6 is 0 Å². The van der Waals surface area contributed by atoms with Gasteiger partial charge in [-0.1, -0.05) is 24.3 Å². The molecule has 0 bridgehead atoms. The van der Waals surface area contributed by atoms with Crippen molar-refractivity contribution < 1.29 is 33.3 Å². The van der Waals surface area contributed by atoms with Gasteiger partial charge in [-0.3, -0.25) is 14.4 Å². The fourth-order valence-corrected chi connectivity index (χ4v) is 3.77. The summed E-state index contributed by atoms with van der Waals surface area (Å²) < 4.78 is 21.5. The summed E-state index contributed by atoms with van der Waals surface area (Å²) >= 11 is 0. The minimum atomic E-state index is -0.648. The number of hydrogen-bond acceptors (Lipinski definition) is 7. The van der Waals surface area contributed by atoms with Crippen LogP contribution in [0.5, 0.6) is 23.0 Å². The molecule has 0 unspecified atom stereocenters. The molecule has 0 spiro atoms. The summed E-state index contributed by atoms with van der Waals surface area (Å²) in [5, 5.41) is 0. The maximum absolute atomic E-state index is 12.6. The summed E-state index contributed by atoms with van der Waals surface area (Å²) in [6, 6.07) is 20.9. The predicted molar refractivity (Wildman–Crippen MR) is 128 cm³/mol. The first kappa shape index (κ1) is 23.8. The van der Waals surface area contributed by atoms with Gasteiger partial charge in [0, 0.05) is 24.2 Å². The fraction of sp³-hybridized carbons (Fsp3) is 0.222. The Morgan fingerprint density at radius 1 is 0.886 bits per heavy atom. The van der Waals surface area contributed by atoms with E-state index in [-0.39, 0.29) is 24.7 Å². The number of nitrogens with zero attached hydrogens (tertiary/aromatic N) is 1. The lowest BCUT2D eigenvalue weighted by molar-refractivity contribution is -0.147. The maximum Gasteiger partial charge on any atom is 0.311 e. The van der Waals surface area contributed by atoms with Gasteiger partial charge in [-0.05, 0) is 48.5 Å². The van der Waals surface area contributed by atoms with E-state index in [9.17, 15) is 14.4 Å². The largest absolute Gasteiger partial charge is 0.497 e. The first-order valence-corrected chi connectivity index (χ1v) is 11.0. The molecule has 0 aliphatic carbocycles. The lowest BCUT2D eigenvalue weighted by atomic mass is 10.1. The highest BCUT2D eigenvalue weighted by atomic mass is 16.5. The summed E-state index contributed by atoms with van der Waals surface area (Å²) in [6.45, 7) is -0.219. The Labute approximate surface area is 203 Å². The Kier molecular flexibility index (Phi) is 7.30. The van der Waals surface area contributed by atoms with Gasteiger partial charge in [0.25, 0.3) is 0 Å². The average molecular weight is 475 g/mol. The minimum Gasteiger partial charge on any atom is -0.497 e. The van der Waals surface area contributed by atoms with Crippen molar-refractivity contribution in [3.05, 3.63) is 78.4 Å². The third kappa shape index (κ3) is 5.60. The number of hydrogen-bond donors (Lipinski definition) is 0. The van der Waals surface area contributed by atoms with E-state index in [4.69, 9.17) is 18.9 Å². The van der Waals surface area contributed by atoms with Gasteiger partial charge in [0.2, 0.25) is 5.91 Å². The second-order valence-corrected chi connectivity index (χ2v) is 7.92. The molecule has 3 aromatic carbocycles. The molecule has 1 heterocycles. The molecule has 0 saturated carbocycles. The first-order valence-electron chi connectivity index (χ1n) is 11.0. The lowest BCUT2D eigenvalue weighted by Crippen LogP contribution is -2.27. The minimum absolute atomic E-state index is 0.0195.